The first kappa shape index (κ1) is 12.9. The molecule has 1 aliphatic rings. The van der Waals surface area contributed by atoms with Gasteiger partial charge in [-0.15, -0.1) is 0 Å². The van der Waals surface area contributed by atoms with E-state index in [2.05, 4.69) is 0 Å². The lowest BCUT2D eigenvalue weighted by Crippen LogP contribution is -2.17. The highest BCUT2D eigenvalue weighted by Crippen LogP contribution is 2.39. The Balaban J connectivity index is 2.38. The van der Waals surface area contributed by atoms with Crippen molar-refractivity contribution < 1.29 is 18.0 Å². The summed E-state index contributed by atoms with van der Waals surface area (Å²) in [5, 5.41) is 0. The monoisotopic (exact) mass is 254 g/mol. The summed E-state index contributed by atoms with van der Waals surface area (Å²) in [5.74, 6) is -0.428. The number of ketones is 1. The number of benzene rings is 1. The van der Waals surface area contributed by atoms with Gasteiger partial charge < -0.3 is 0 Å². The number of carbonyl (C=O) groups is 1. The molecule has 0 bridgehead atoms. The molecule has 0 fully saturated rings. The Morgan fingerprint density at radius 2 is 1.89 bits per heavy atom. The third-order valence-electron chi connectivity index (χ3n) is 3.29. The van der Waals surface area contributed by atoms with Gasteiger partial charge in [0.05, 0.1) is 5.56 Å². The molecule has 0 amide bonds. The van der Waals surface area contributed by atoms with Gasteiger partial charge in [-0.1, -0.05) is 24.3 Å². The topological polar surface area (TPSA) is 17.1 Å². The number of hydrogen-bond donors (Lipinski definition) is 0. The van der Waals surface area contributed by atoms with Gasteiger partial charge in [0.15, 0.2) is 5.78 Å². The third-order valence-corrected chi connectivity index (χ3v) is 3.29. The van der Waals surface area contributed by atoms with Crippen LogP contribution in [0.15, 0.2) is 35.9 Å². The molecular formula is C14H13F3O. The number of carbonyl (C=O) groups excluding carboxylic acids is 1. The Kier molecular flexibility index (Phi) is 3.28. The number of Topliss-reactive ketones (excluding diaryl/α,β-unsaturated/α-hetero) is 1. The quantitative estimate of drug-likeness (QED) is 0.737. The molecule has 1 aromatic carbocycles. The van der Waals surface area contributed by atoms with Crippen LogP contribution in [0.5, 0.6) is 0 Å². The fraction of sp³-hybridized carbons (Fsp3) is 0.357. The molecule has 1 aliphatic carbocycles. The van der Waals surface area contributed by atoms with Gasteiger partial charge in [-0.05, 0) is 36.5 Å². The van der Waals surface area contributed by atoms with Crippen LogP contribution in [0.3, 0.4) is 0 Å². The van der Waals surface area contributed by atoms with E-state index in [0.717, 1.165) is 6.07 Å². The Labute approximate surface area is 103 Å². The minimum absolute atomic E-state index is 0.0665. The van der Waals surface area contributed by atoms with Crippen LogP contribution in [0, 0.1) is 0 Å². The normalized spacial score (nSPS) is 20.8. The molecule has 0 radical (unpaired) electrons. The van der Waals surface area contributed by atoms with E-state index in [1.165, 1.54) is 12.1 Å². The third kappa shape index (κ3) is 2.47. The second-order valence-corrected chi connectivity index (χ2v) is 4.53. The molecule has 1 aromatic rings. The second kappa shape index (κ2) is 4.59. The van der Waals surface area contributed by atoms with Gasteiger partial charge >= 0.3 is 6.18 Å². The van der Waals surface area contributed by atoms with E-state index >= 15 is 0 Å². The summed E-state index contributed by atoms with van der Waals surface area (Å²) in [6.07, 6.45) is -1.99. The van der Waals surface area contributed by atoms with Crippen molar-refractivity contribution in [2.45, 2.75) is 31.9 Å². The first-order valence-electron chi connectivity index (χ1n) is 5.75. The lowest BCUT2D eigenvalue weighted by atomic mass is 9.82. The predicted molar refractivity (Wildman–Crippen MR) is 62.2 cm³/mol. The van der Waals surface area contributed by atoms with Crippen molar-refractivity contribution in [1.29, 1.82) is 0 Å². The molecule has 0 N–H and O–H groups in total. The van der Waals surface area contributed by atoms with Crippen molar-refractivity contribution >= 4 is 5.78 Å². The van der Waals surface area contributed by atoms with Crippen molar-refractivity contribution in [2.24, 2.45) is 0 Å². The lowest BCUT2D eigenvalue weighted by Gasteiger charge is -2.23. The molecule has 96 valence electrons. The summed E-state index contributed by atoms with van der Waals surface area (Å²) in [5.41, 5.74) is 0.244. The van der Waals surface area contributed by atoms with Gasteiger partial charge in [-0.2, -0.15) is 13.2 Å². The van der Waals surface area contributed by atoms with Gasteiger partial charge in [0.25, 0.3) is 0 Å². The van der Waals surface area contributed by atoms with E-state index in [1.807, 2.05) is 0 Å². The van der Waals surface area contributed by atoms with Gasteiger partial charge in [0.2, 0.25) is 0 Å². The van der Waals surface area contributed by atoms with Crippen LogP contribution in [0.2, 0.25) is 0 Å². The zero-order valence-electron chi connectivity index (χ0n) is 9.92. The average molecular weight is 254 g/mol. The first-order chi connectivity index (χ1) is 8.39. The minimum Gasteiger partial charge on any atom is -0.295 e. The summed E-state index contributed by atoms with van der Waals surface area (Å²) in [7, 11) is 0. The highest BCUT2D eigenvalue weighted by molar-refractivity contribution is 5.96. The standard InChI is InChI=1S/C14H13F3O/c1-9-6-7-10(8-13(9)18)11-4-2-3-5-12(11)14(15,16)17/h2-6,10H,7-8H2,1H3. The van der Waals surface area contributed by atoms with Crippen LogP contribution in [0.25, 0.3) is 0 Å². The van der Waals surface area contributed by atoms with Gasteiger partial charge in [0.1, 0.15) is 0 Å². The molecule has 0 saturated heterocycles. The van der Waals surface area contributed by atoms with Crippen molar-refractivity contribution in [3.63, 3.8) is 0 Å². The number of rotatable bonds is 1. The summed E-state index contributed by atoms with van der Waals surface area (Å²) >= 11 is 0. The van der Waals surface area contributed by atoms with Crippen molar-refractivity contribution in [1.82, 2.24) is 0 Å². The number of alkyl halides is 3. The van der Waals surface area contributed by atoms with Crippen molar-refractivity contribution in [3.05, 3.63) is 47.0 Å². The van der Waals surface area contributed by atoms with Gasteiger partial charge in [0, 0.05) is 6.42 Å². The predicted octanol–water partition coefficient (Wildman–Crippen LogP) is 4.10. The molecular weight excluding hydrogens is 241 g/mol. The molecule has 1 unspecified atom stereocenters. The Morgan fingerprint density at radius 1 is 1.22 bits per heavy atom. The van der Waals surface area contributed by atoms with Crippen molar-refractivity contribution in [3.8, 4) is 0 Å². The molecule has 0 heterocycles. The van der Waals surface area contributed by atoms with Crippen molar-refractivity contribution in [2.75, 3.05) is 0 Å². The molecule has 0 saturated carbocycles. The fourth-order valence-corrected chi connectivity index (χ4v) is 2.25. The maximum absolute atomic E-state index is 12.9. The van der Waals surface area contributed by atoms with Gasteiger partial charge in [-0.25, -0.2) is 0 Å². The Bertz CT molecular complexity index is 500. The highest BCUT2D eigenvalue weighted by Gasteiger charge is 2.35. The first-order valence-corrected chi connectivity index (χ1v) is 5.75. The van der Waals surface area contributed by atoms with E-state index < -0.39 is 11.7 Å². The maximum atomic E-state index is 12.9. The van der Waals surface area contributed by atoms with Crippen LogP contribution in [0.1, 0.15) is 36.8 Å². The Hall–Kier alpha value is -1.58. The summed E-state index contributed by atoms with van der Waals surface area (Å²) in [6.45, 7) is 1.70. The number of allylic oxidation sites excluding steroid dienone is 2. The largest absolute Gasteiger partial charge is 0.416 e. The summed E-state index contributed by atoms with van der Waals surface area (Å²) < 4.78 is 38.6. The van der Waals surface area contributed by atoms with Crippen LogP contribution >= 0.6 is 0 Å². The van der Waals surface area contributed by atoms with E-state index in [-0.39, 0.29) is 23.7 Å². The molecule has 0 aliphatic heterocycles. The Morgan fingerprint density at radius 3 is 2.50 bits per heavy atom. The second-order valence-electron chi connectivity index (χ2n) is 4.53. The van der Waals surface area contributed by atoms with Crippen LogP contribution in [0.4, 0.5) is 13.2 Å². The molecule has 4 heteroatoms. The maximum Gasteiger partial charge on any atom is 0.416 e. The van der Waals surface area contributed by atoms with Gasteiger partial charge in [-0.3, -0.25) is 4.79 Å². The van der Waals surface area contributed by atoms with Crippen LogP contribution < -0.4 is 0 Å². The van der Waals surface area contributed by atoms with E-state index in [9.17, 15) is 18.0 Å². The smallest absolute Gasteiger partial charge is 0.295 e. The molecule has 18 heavy (non-hydrogen) atoms. The molecule has 0 aromatic heterocycles. The molecule has 0 spiro atoms. The molecule has 1 nitrogen and oxygen atoms in total. The van der Waals surface area contributed by atoms with Crippen LogP contribution in [-0.2, 0) is 11.0 Å². The van der Waals surface area contributed by atoms with Crippen LogP contribution in [-0.4, -0.2) is 5.78 Å². The van der Waals surface area contributed by atoms with E-state index in [0.29, 0.717) is 12.0 Å². The SMILES string of the molecule is CC1=CCC(c2ccccc2C(F)(F)F)CC1=O. The molecule has 1 atom stereocenters. The number of hydrogen-bond acceptors (Lipinski definition) is 1. The van der Waals surface area contributed by atoms with E-state index in [1.54, 1.807) is 19.1 Å². The fourth-order valence-electron chi connectivity index (χ4n) is 2.25. The average Bonchev–Trinajstić information content (AvgIpc) is 2.32. The summed E-state index contributed by atoms with van der Waals surface area (Å²) in [6, 6.07) is 5.50. The highest BCUT2D eigenvalue weighted by atomic mass is 19.4. The zero-order chi connectivity index (χ0) is 13.3. The summed E-state index contributed by atoms with van der Waals surface area (Å²) in [4.78, 5) is 11.6. The lowest BCUT2D eigenvalue weighted by molar-refractivity contribution is -0.138. The van der Waals surface area contributed by atoms with E-state index in [4.69, 9.17) is 0 Å². The number of halogens is 3. The minimum atomic E-state index is -4.37. The zero-order valence-corrected chi connectivity index (χ0v) is 9.92. The molecule has 2 rings (SSSR count).